The zero-order valence-corrected chi connectivity index (χ0v) is 19.3. The first-order valence-corrected chi connectivity index (χ1v) is 11.2. The maximum absolute atomic E-state index is 5.43. The number of likely N-dealkylation sites (tertiary alicyclic amines) is 1. The predicted octanol–water partition coefficient (Wildman–Crippen LogP) is 3.42. The first kappa shape index (κ1) is 24.1. The number of hydrogen-bond acceptors (Lipinski definition) is 5. The maximum Gasteiger partial charge on any atom is 0.203 e. The van der Waals surface area contributed by atoms with E-state index in [1.54, 1.807) is 21.3 Å². The van der Waals surface area contributed by atoms with Crippen LogP contribution in [0.5, 0.6) is 17.2 Å². The van der Waals surface area contributed by atoms with Crippen molar-refractivity contribution in [1.82, 2.24) is 15.5 Å². The minimum atomic E-state index is 0.529. The average Bonchev–Trinajstić information content (AvgIpc) is 2.79. The molecule has 2 N–H and O–H groups in total. The molecule has 7 heteroatoms. The Morgan fingerprint density at radius 1 is 0.933 bits per heavy atom. The molecule has 0 spiro atoms. The molecule has 0 amide bonds. The van der Waals surface area contributed by atoms with E-state index in [-0.39, 0.29) is 0 Å². The van der Waals surface area contributed by atoms with Crippen molar-refractivity contribution >= 4 is 5.96 Å². The third-order valence-corrected chi connectivity index (χ3v) is 5.38. The van der Waals surface area contributed by atoms with Crippen LogP contribution in [0.15, 0.2) is 17.1 Å². The van der Waals surface area contributed by atoms with E-state index >= 15 is 0 Å². The highest BCUT2D eigenvalue weighted by Gasteiger charge is 2.13. The van der Waals surface area contributed by atoms with Crippen LogP contribution in [0, 0.1) is 0 Å². The van der Waals surface area contributed by atoms with E-state index < -0.39 is 0 Å². The van der Waals surface area contributed by atoms with Gasteiger partial charge in [0.2, 0.25) is 5.75 Å². The van der Waals surface area contributed by atoms with Gasteiger partial charge in [0.1, 0.15) is 0 Å². The monoisotopic (exact) mass is 420 g/mol. The summed E-state index contributed by atoms with van der Waals surface area (Å²) in [6, 6.07) is 3.88. The topological polar surface area (TPSA) is 67.4 Å². The van der Waals surface area contributed by atoms with Crippen LogP contribution in [0.4, 0.5) is 0 Å². The average molecular weight is 421 g/mol. The van der Waals surface area contributed by atoms with Crippen molar-refractivity contribution in [3.8, 4) is 17.2 Å². The molecule has 0 aliphatic carbocycles. The first-order valence-electron chi connectivity index (χ1n) is 11.2. The van der Waals surface area contributed by atoms with Gasteiger partial charge in [-0.2, -0.15) is 0 Å². The smallest absolute Gasteiger partial charge is 0.203 e. The number of ether oxygens (including phenoxy) is 3. The van der Waals surface area contributed by atoms with Crippen molar-refractivity contribution in [1.29, 1.82) is 0 Å². The molecular weight excluding hydrogens is 380 g/mol. The maximum atomic E-state index is 5.43. The summed E-state index contributed by atoms with van der Waals surface area (Å²) in [4.78, 5) is 7.33. The summed E-state index contributed by atoms with van der Waals surface area (Å²) in [6.07, 6.45) is 7.83. The normalized spacial score (nSPS) is 15.0. The molecular formula is C23H40N4O3. The molecule has 0 bridgehead atoms. The summed E-state index contributed by atoms with van der Waals surface area (Å²) < 4.78 is 16.3. The van der Waals surface area contributed by atoms with E-state index in [0.29, 0.717) is 23.8 Å². The Balaban J connectivity index is 1.80. The number of unbranched alkanes of at least 4 members (excludes halogenated alkanes) is 2. The lowest BCUT2D eigenvalue weighted by atomic mass is 10.1. The fourth-order valence-electron chi connectivity index (χ4n) is 3.77. The van der Waals surface area contributed by atoms with Gasteiger partial charge in [-0.1, -0.05) is 12.8 Å². The Hall–Kier alpha value is -2.15. The highest BCUT2D eigenvalue weighted by molar-refractivity contribution is 5.79. The van der Waals surface area contributed by atoms with Crippen molar-refractivity contribution in [2.24, 2.45) is 4.99 Å². The molecule has 30 heavy (non-hydrogen) atoms. The van der Waals surface area contributed by atoms with E-state index in [1.165, 1.54) is 51.7 Å². The lowest BCUT2D eigenvalue weighted by Crippen LogP contribution is -2.37. The summed E-state index contributed by atoms with van der Waals surface area (Å²) >= 11 is 0. The van der Waals surface area contributed by atoms with Gasteiger partial charge in [-0.25, -0.2) is 4.99 Å². The molecule has 0 atom stereocenters. The van der Waals surface area contributed by atoms with Crippen LogP contribution in [0.25, 0.3) is 0 Å². The minimum absolute atomic E-state index is 0.529. The fraction of sp³-hybridized carbons (Fsp3) is 0.696. The Morgan fingerprint density at radius 2 is 1.63 bits per heavy atom. The molecule has 2 rings (SSSR count). The fourth-order valence-corrected chi connectivity index (χ4v) is 3.77. The van der Waals surface area contributed by atoms with Crippen LogP contribution in [-0.2, 0) is 6.54 Å². The number of hydrogen-bond donors (Lipinski definition) is 2. The third-order valence-electron chi connectivity index (χ3n) is 5.38. The standard InChI is InChI=1S/C23H40N4O3/c1-5-24-23(25-12-8-6-9-13-27-14-10-7-11-15-27)26-18-19-16-20(28-2)22(30-4)21(17-19)29-3/h16-17H,5-15,18H2,1-4H3,(H2,24,25,26). The highest BCUT2D eigenvalue weighted by atomic mass is 16.5. The van der Waals surface area contributed by atoms with Gasteiger partial charge in [0.05, 0.1) is 27.9 Å². The largest absolute Gasteiger partial charge is 0.493 e. The van der Waals surface area contributed by atoms with Crippen LogP contribution in [0.2, 0.25) is 0 Å². The second-order valence-corrected chi connectivity index (χ2v) is 7.62. The van der Waals surface area contributed by atoms with Gasteiger partial charge in [-0.15, -0.1) is 0 Å². The van der Waals surface area contributed by atoms with Crippen LogP contribution in [0.3, 0.4) is 0 Å². The van der Waals surface area contributed by atoms with Crippen molar-refractivity contribution in [3.63, 3.8) is 0 Å². The second-order valence-electron chi connectivity index (χ2n) is 7.62. The number of benzene rings is 1. The van der Waals surface area contributed by atoms with Gasteiger partial charge in [-0.3, -0.25) is 0 Å². The number of methoxy groups -OCH3 is 3. The molecule has 0 unspecified atom stereocenters. The van der Waals surface area contributed by atoms with Crippen LogP contribution >= 0.6 is 0 Å². The Bertz CT molecular complexity index is 620. The number of piperidine rings is 1. The first-order chi connectivity index (χ1) is 14.7. The molecule has 1 aromatic rings. The van der Waals surface area contributed by atoms with Crippen molar-refractivity contribution in [2.45, 2.75) is 52.0 Å². The molecule has 1 aromatic carbocycles. The SMILES string of the molecule is CCNC(=NCc1cc(OC)c(OC)c(OC)c1)NCCCCCN1CCCCC1. The molecule has 0 saturated carbocycles. The molecule has 1 aliphatic rings. The van der Waals surface area contributed by atoms with E-state index in [9.17, 15) is 0 Å². The zero-order chi connectivity index (χ0) is 21.6. The lowest BCUT2D eigenvalue weighted by molar-refractivity contribution is 0.224. The molecule has 1 heterocycles. The summed E-state index contributed by atoms with van der Waals surface area (Å²) in [5.41, 5.74) is 1.00. The quantitative estimate of drug-likeness (QED) is 0.307. The second kappa shape index (κ2) is 14.0. The van der Waals surface area contributed by atoms with E-state index in [1.807, 2.05) is 12.1 Å². The number of guanidine groups is 1. The lowest BCUT2D eigenvalue weighted by Gasteiger charge is -2.26. The Labute approximate surface area is 182 Å². The third kappa shape index (κ3) is 7.94. The molecule has 0 aromatic heterocycles. The van der Waals surface area contributed by atoms with E-state index in [2.05, 4.69) is 22.5 Å². The van der Waals surface area contributed by atoms with Crippen LogP contribution in [0.1, 0.15) is 51.0 Å². The zero-order valence-electron chi connectivity index (χ0n) is 19.3. The van der Waals surface area contributed by atoms with Gasteiger partial charge in [0, 0.05) is 13.1 Å². The minimum Gasteiger partial charge on any atom is -0.493 e. The van der Waals surface area contributed by atoms with Gasteiger partial charge in [-0.05, 0) is 69.9 Å². The van der Waals surface area contributed by atoms with Crippen LogP contribution < -0.4 is 24.8 Å². The van der Waals surface area contributed by atoms with Gasteiger partial charge < -0.3 is 29.7 Å². The van der Waals surface area contributed by atoms with Gasteiger partial charge in [0.15, 0.2) is 17.5 Å². The number of aliphatic imine (C=N–C) groups is 1. The molecule has 170 valence electrons. The summed E-state index contributed by atoms with van der Waals surface area (Å²) in [7, 11) is 4.86. The predicted molar refractivity (Wildman–Crippen MR) is 123 cm³/mol. The molecule has 7 nitrogen and oxygen atoms in total. The molecule has 0 radical (unpaired) electrons. The Kier molecular flexibility index (Phi) is 11.2. The summed E-state index contributed by atoms with van der Waals surface area (Å²) in [5.74, 6) is 2.73. The Morgan fingerprint density at radius 3 is 2.23 bits per heavy atom. The summed E-state index contributed by atoms with van der Waals surface area (Å²) in [6.45, 7) is 8.19. The van der Waals surface area contributed by atoms with Gasteiger partial charge >= 0.3 is 0 Å². The van der Waals surface area contributed by atoms with Crippen molar-refractivity contribution < 1.29 is 14.2 Å². The molecule has 1 saturated heterocycles. The molecule has 1 aliphatic heterocycles. The highest BCUT2D eigenvalue weighted by Crippen LogP contribution is 2.38. The summed E-state index contributed by atoms with van der Waals surface area (Å²) in [5, 5.41) is 6.77. The number of nitrogens with one attached hydrogen (secondary N) is 2. The van der Waals surface area contributed by atoms with Gasteiger partial charge in [0.25, 0.3) is 0 Å². The van der Waals surface area contributed by atoms with Crippen LogP contribution in [-0.4, -0.2) is 64.9 Å². The van der Waals surface area contributed by atoms with Crippen molar-refractivity contribution in [2.75, 3.05) is 54.1 Å². The van der Waals surface area contributed by atoms with Crippen molar-refractivity contribution in [3.05, 3.63) is 17.7 Å². The number of rotatable bonds is 12. The molecule has 1 fully saturated rings. The number of nitrogens with zero attached hydrogens (tertiary/aromatic N) is 2. The van der Waals surface area contributed by atoms with E-state index in [0.717, 1.165) is 31.0 Å². The van der Waals surface area contributed by atoms with E-state index in [4.69, 9.17) is 19.2 Å².